The average Bonchev–Trinajstić information content (AvgIpc) is 2.90. The lowest BCUT2D eigenvalue weighted by atomic mass is 10.1. The van der Waals surface area contributed by atoms with E-state index in [1.54, 1.807) is 12.1 Å². The quantitative estimate of drug-likeness (QED) is 0.349. The molecule has 0 amide bonds. The molecular weight excluding hydrogens is 584 g/mol. The van der Waals surface area contributed by atoms with Gasteiger partial charge in [0.25, 0.3) is 10.0 Å². The maximum absolute atomic E-state index is 14.1. The number of alkyl halides is 3. The summed E-state index contributed by atoms with van der Waals surface area (Å²) in [6, 6.07) is 12.1. The number of aromatic carboxylic acids is 1. The molecule has 4 rings (SSSR count). The highest BCUT2D eigenvalue weighted by Gasteiger charge is 2.38. The van der Waals surface area contributed by atoms with Crippen LogP contribution in [-0.4, -0.2) is 62.9 Å². The molecule has 1 heterocycles. The Morgan fingerprint density at radius 3 is 1.85 bits per heavy atom. The van der Waals surface area contributed by atoms with Crippen LogP contribution in [0.5, 0.6) is 0 Å². The second kappa shape index (κ2) is 12.4. The number of halogens is 6. The van der Waals surface area contributed by atoms with E-state index >= 15 is 0 Å². The van der Waals surface area contributed by atoms with Crippen LogP contribution in [0.3, 0.4) is 0 Å². The molecule has 0 saturated carbocycles. The molecule has 0 unspecified atom stereocenters. The van der Waals surface area contributed by atoms with E-state index in [0.717, 1.165) is 17.8 Å². The number of anilines is 3. The normalized spacial score (nSPS) is 13.7. The van der Waals surface area contributed by atoms with Gasteiger partial charge >= 0.3 is 18.1 Å². The Hall–Kier alpha value is -4.47. The van der Waals surface area contributed by atoms with Crippen LogP contribution in [0.2, 0.25) is 0 Å². The van der Waals surface area contributed by atoms with E-state index in [1.807, 2.05) is 9.80 Å². The Kier molecular flexibility index (Phi) is 9.37. The number of benzene rings is 3. The van der Waals surface area contributed by atoms with Crippen LogP contribution in [0.15, 0.2) is 65.6 Å². The summed E-state index contributed by atoms with van der Waals surface area (Å²) in [5, 5.41) is 16.5. The molecule has 0 radical (unpaired) electrons. The lowest BCUT2D eigenvalue weighted by Gasteiger charge is -2.38. The van der Waals surface area contributed by atoms with Crippen molar-refractivity contribution in [3.8, 4) is 0 Å². The maximum Gasteiger partial charge on any atom is 0.490 e. The molecule has 41 heavy (non-hydrogen) atoms. The minimum absolute atomic E-state index is 0.0706. The van der Waals surface area contributed by atoms with Gasteiger partial charge < -0.3 is 20.0 Å². The molecule has 0 aromatic heterocycles. The molecule has 1 aliphatic heterocycles. The molecule has 1 aliphatic rings. The molecule has 0 aliphatic carbocycles. The van der Waals surface area contributed by atoms with Crippen LogP contribution >= 0.6 is 0 Å². The Balaban J connectivity index is 0.000000587. The van der Waals surface area contributed by atoms with Gasteiger partial charge in [0.2, 0.25) is 0 Å². The summed E-state index contributed by atoms with van der Waals surface area (Å²) in [4.78, 5) is 23.4. The monoisotopic (exact) mass is 605 g/mol. The van der Waals surface area contributed by atoms with Crippen molar-refractivity contribution in [3.63, 3.8) is 0 Å². The van der Waals surface area contributed by atoms with E-state index in [9.17, 15) is 44.7 Å². The molecule has 220 valence electrons. The summed E-state index contributed by atoms with van der Waals surface area (Å²) in [7, 11) is -4.56. The van der Waals surface area contributed by atoms with Gasteiger partial charge in [0.1, 0.15) is 22.3 Å². The third kappa shape index (κ3) is 8.03. The fraction of sp³-hybridized carbons (Fsp3) is 0.200. The third-order valence-electron chi connectivity index (χ3n) is 5.73. The standard InChI is InChI=1S/C23H20F3N3O4S.C2HF3O2/c24-16-2-5-18(6-3-16)28-9-11-29(12-10-28)21-8-1-15(23(30)31)13-20(21)27-34(32,33)22-14-17(25)4-7-19(22)26;3-2(4,5)1(6)7/h1-8,13-14,27H,9-12H2,(H,30,31);(H,6,7). The van der Waals surface area contributed by atoms with Crippen LogP contribution in [0.25, 0.3) is 0 Å². The first-order valence-electron chi connectivity index (χ1n) is 11.5. The Morgan fingerprint density at radius 2 is 1.32 bits per heavy atom. The number of hydrogen-bond donors (Lipinski definition) is 3. The van der Waals surface area contributed by atoms with Gasteiger partial charge in [-0.1, -0.05) is 0 Å². The molecule has 3 aromatic carbocycles. The van der Waals surface area contributed by atoms with E-state index in [0.29, 0.717) is 44.0 Å². The molecule has 0 atom stereocenters. The van der Waals surface area contributed by atoms with Crippen LogP contribution in [0.1, 0.15) is 10.4 Å². The zero-order valence-electron chi connectivity index (χ0n) is 20.7. The SMILES string of the molecule is O=C(O)C(F)(F)F.O=C(O)c1ccc(N2CCN(c3ccc(F)cc3)CC2)c(NS(=O)(=O)c2cc(F)ccc2F)c1. The fourth-order valence-corrected chi connectivity index (χ4v) is 4.92. The predicted octanol–water partition coefficient (Wildman–Crippen LogP) is 4.56. The topological polar surface area (TPSA) is 127 Å². The van der Waals surface area contributed by atoms with Crippen LogP contribution in [0, 0.1) is 17.5 Å². The second-order valence-corrected chi connectivity index (χ2v) is 10.1. The molecule has 0 spiro atoms. The summed E-state index contributed by atoms with van der Waals surface area (Å²) in [5.74, 6) is -6.44. The smallest absolute Gasteiger partial charge is 0.478 e. The summed E-state index contributed by atoms with van der Waals surface area (Å²) in [6.45, 7) is 1.98. The number of nitrogens with zero attached hydrogens (tertiary/aromatic N) is 2. The molecule has 16 heteroatoms. The lowest BCUT2D eigenvalue weighted by Crippen LogP contribution is -2.46. The molecule has 1 saturated heterocycles. The lowest BCUT2D eigenvalue weighted by molar-refractivity contribution is -0.192. The van der Waals surface area contributed by atoms with Gasteiger partial charge in [-0.25, -0.2) is 31.2 Å². The molecule has 1 fully saturated rings. The minimum atomic E-state index is -5.08. The van der Waals surface area contributed by atoms with Crippen molar-refractivity contribution in [2.45, 2.75) is 11.1 Å². The number of carbonyl (C=O) groups is 2. The van der Waals surface area contributed by atoms with Gasteiger partial charge in [-0.3, -0.25) is 4.72 Å². The Bertz CT molecular complexity index is 1530. The van der Waals surface area contributed by atoms with E-state index in [4.69, 9.17) is 9.90 Å². The van der Waals surface area contributed by atoms with Gasteiger partial charge in [-0.2, -0.15) is 13.2 Å². The molecule has 9 nitrogen and oxygen atoms in total. The van der Waals surface area contributed by atoms with E-state index < -0.39 is 44.7 Å². The highest BCUT2D eigenvalue weighted by molar-refractivity contribution is 7.92. The molecule has 3 aromatic rings. The summed E-state index contributed by atoms with van der Waals surface area (Å²) in [5.41, 5.74) is 0.985. The van der Waals surface area contributed by atoms with Gasteiger partial charge in [0, 0.05) is 31.9 Å². The highest BCUT2D eigenvalue weighted by atomic mass is 32.2. The summed E-state index contributed by atoms with van der Waals surface area (Å²) >= 11 is 0. The predicted molar refractivity (Wildman–Crippen MR) is 135 cm³/mol. The van der Waals surface area contributed by atoms with Gasteiger partial charge in [-0.05, 0) is 60.7 Å². The van der Waals surface area contributed by atoms with Crippen LogP contribution in [0.4, 0.5) is 43.4 Å². The van der Waals surface area contributed by atoms with E-state index in [-0.39, 0.29) is 17.1 Å². The number of piperazine rings is 1. The van der Waals surface area contributed by atoms with Gasteiger partial charge in [0.05, 0.1) is 16.9 Å². The molecule has 0 bridgehead atoms. The first kappa shape index (κ1) is 31.1. The molecule has 3 N–H and O–H groups in total. The summed E-state index contributed by atoms with van der Waals surface area (Å²) in [6.07, 6.45) is -5.08. The van der Waals surface area contributed by atoms with Crippen LogP contribution in [-0.2, 0) is 14.8 Å². The Labute approximate surface area is 229 Å². The van der Waals surface area contributed by atoms with Crippen LogP contribution < -0.4 is 14.5 Å². The first-order valence-corrected chi connectivity index (χ1v) is 13.0. The third-order valence-corrected chi connectivity index (χ3v) is 7.11. The van der Waals surface area contributed by atoms with E-state index in [2.05, 4.69) is 4.72 Å². The fourth-order valence-electron chi connectivity index (χ4n) is 3.77. The second-order valence-electron chi connectivity index (χ2n) is 8.47. The van der Waals surface area contributed by atoms with Crippen molar-refractivity contribution in [2.75, 3.05) is 40.7 Å². The van der Waals surface area contributed by atoms with Crippen molar-refractivity contribution in [1.82, 2.24) is 0 Å². The Morgan fingerprint density at radius 1 is 0.780 bits per heavy atom. The van der Waals surface area contributed by atoms with Crippen molar-refractivity contribution in [3.05, 3.63) is 83.7 Å². The molecular formula is C25H21F6N3O6S. The number of rotatable bonds is 6. The average molecular weight is 606 g/mol. The maximum atomic E-state index is 14.1. The van der Waals surface area contributed by atoms with E-state index in [1.165, 1.54) is 24.3 Å². The number of carboxylic acids is 2. The minimum Gasteiger partial charge on any atom is -0.478 e. The van der Waals surface area contributed by atoms with Crippen molar-refractivity contribution >= 4 is 39.0 Å². The van der Waals surface area contributed by atoms with Crippen molar-refractivity contribution in [1.29, 1.82) is 0 Å². The van der Waals surface area contributed by atoms with Gasteiger partial charge in [-0.15, -0.1) is 0 Å². The number of carboxylic acid groups (broad SMARTS) is 2. The number of hydrogen-bond acceptors (Lipinski definition) is 6. The largest absolute Gasteiger partial charge is 0.490 e. The first-order chi connectivity index (χ1) is 19.1. The number of nitrogens with one attached hydrogen (secondary N) is 1. The highest BCUT2D eigenvalue weighted by Crippen LogP contribution is 2.32. The number of aliphatic carboxylic acids is 1. The zero-order chi connectivity index (χ0) is 30.5. The van der Waals surface area contributed by atoms with Crippen molar-refractivity contribution in [2.24, 2.45) is 0 Å². The van der Waals surface area contributed by atoms with Crippen molar-refractivity contribution < 1.29 is 54.6 Å². The summed E-state index contributed by atoms with van der Waals surface area (Å²) < 4.78 is 101. The number of sulfonamides is 1. The zero-order valence-corrected chi connectivity index (χ0v) is 21.5. The van der Waals surface area contributed by atoms with Gasteiger partial charge in [0.15, 0.2) is 0 Å².